The molecule has 0 unspecified atom stereocenters. The van der Waals surface area contributed by atoms with Gasteiger partial charge >= 0.3 is 0 Å². The molecule has 1 saturated carbocycles. The van der Waals surface area contributed by atoms with Crippen LogP contribution in [0.1, 0.15) is 12.8 Å². The normalized spacial score (nSPS) is 15.6. The smallest absolute Gasteiger partial charge is 0.151 e. The lowest BCUT2D eigenvalue weighted by Crippen LogP contribution is -2.22. The van der Waals surface area contributed by atoms with Gasteiger partial charge < -0.3 is 10.6 Å². The van der Waals surface area contributed by atoms with Crippen LogP contribution >= 0.6 is 0 Å². The molecule has 0 spiro atoms. The molecule has 1 fully saturated rings. The van der Waals surface area contributed by atoms with Crippen LogP contribution in [-0.4, -0.2) is 18.6 Å². The number of nitrogens with two attached hydrogens (primary N) is 1. The summed E-state index contributed by atoms with van der Waals surface area (Å²) in [5.74, 6) is 1.07. The number of pyridine rings is 1. The highest BCUT2D eigenvalue weighted by Gasteiger charge is 2.23. The Labute approximate surface area is 82.7 Å². The van der Waals surface area contributed by atoms with Gasteiger partial charge in [0.2, 0.25) is 0 Å². The Hall–Kier alpha value is -1.32. The van der Waals surface area contributed by atoms with Crippen LogP contribution < -0.4 is 10.6 Å². The third-order valence-corrected chi connectivity index (χ3v) is 2.45. The number of hydrogen-bond acceptors (Lipinski definition) is 3. The zero-order valence-corrected chi connectivity index (χ0v) is 8.20. The fraction of sp³-hybridized carbons (Fsp3) is 0.500. The van der Waals surface area contributed by atoms with E-state index in [1.54, 1.807) is 0 Å². The molecule has 0 aliphatic heterocycles. The summed E-state index contributed by atoms with van der Waals surface area (Å²) in [4.78, 5) is 5.98. The van der Waals surface area contributed by atoms with Crippen LogP contribution in [0, 0.1) is 11.7 Å². The SMILES string of the molecule is CN(CC1CC1)c1ncc(F)cc1N. The van der Waals surface area contributed by atoms with Crippen molar-refractivity contribution in [3.8, 4) is 0 Å². The van der Waals surface area contributed by atoms with Gasteiger partial charge in [-0.3, -0.25) is 0 Å². The minimum atomic E-state index is -0.383. The van der Waals surface area contributed by atoms with E-state index in [1.165, 1.54) is 25.1 Å². The molecule has 4 heteroatoms. The van der Waals surface area contributed by atoms with Crippen molar-refractivity contribution in [3.63, 3.8) is 0 Å². The minimum absolute atomic E-state index is 0.383. The van der Waals surface area contributed by atoms with E-state index < -0.39 is 0 Å². The summed E-state index contributed by atoms with van der Waals surface area (Å²) in [6, 6.07) is 1.31. The molecule has 2 N–H and O–H groups in total. The van der Waals surface area contributed by atoms with E-state index >= 15 is 0 Å². The van der Waals surface area contributed by atoms with Crippen molar-refractivity contribution in [1.29, 1.82) is 0 Å². The maximum Gasteiger partial charge on any atom is 0.151 e. The van der Waals surface area contributed by atoms with E-state index in [9.17, 15) is 4.39 Å². The second-order valence-corrected chi connectivity index (χ2v) is 3.89. The van der Waals surface area contributed by atoms with Gasteiger partial charge in [0.1, 0.15) is 5.82 Å². The molecular formula is C10H14FN3. The number of hydrogen-bond donors (Lipinski definition) is 1. The topological polar surface area (TPSA) is 42.2 Å². The van der Waals surface area contributed by atoms with Gasteiger partial charge in [-0.05, 0) is 18.8 Å². The molecule has 14 heavy (non-hydrogen) atoms. The molecule has 0 amide bonds. The fourth-order valence-corrected chi connectivity index (χ4v) is 1.54. The summed E-state index contributed by atoms with van der Waals surface area (Å²) in [6.07, 6.45) is 3.77. The van der Waals surface area contributed by atoms with Crippen molar-refractivity contribution < 1.29 is 4.39 Å². The summed E-state index contributed by atoms with van der Waals surface area (Å²) in [5, 5.41) is 0. The fourth-order valence-electron chi connectivity index (χ4n) is 1.54. The number of halogens is 1. The second kappa shape index (κ2) is 3.44. The minimum Gasteiger partial charge on any atom is -0.396 e. The highest BCUT2D eigenvalue weighted by Crippen LogP contribution is 2.31. The van der Waals surface area contributed by atoms with Crippen LogP contribution in [0.5, 0.6) is 0 Å². The molecule has 0 bridgehead atoms. The first-order chi connectivity index (χ1) is 6.66. The Morgan fingerprint density at radius 2 is 2.36 bits per heavy atom. The van der Waals surface area contributed by atoms with Crippen LogP contribution in [-0.2, 0) is 0 Å². The first-order valence-electron chi connectivity index (χ1n) is 4.79. The van der Waals surface area contributed by atoms with Gasteiger partial charge in [-0.1, -0.05) is 0 Å². The van der Waals surface area contributed by atoms with Crippen LogP contribution in [0.15, 0.2) is 12.3 Å². The Morgan fingerprint density at radius 1 is 1.64 bits per heavy atom. The summed E-state index contributed by atoms with van der Waals surface area (Å²) in [7, 11) is 1.94. The standard InChI is InChI=1S/C10H14FN3/c1-14(6-7-2-3-7)10-9(12)4-8(11)5-13-10/h4-5,7H,2-3,6,12H2,1H3. The Bertz CT molecular complexity index is 336. The molecule has 0 atom stereocenters. The van der Waals surface area contributed by atoms with Crippen LogP contribution in [0.2, 0.25) is 0 Å². The van der Waals surface area contributed by atoms with Crippen molar-refractivity contribution >= 4 is 11.5 Å². The van der Waals surface area contributed by atoms with Gasteiger partial charge in [0.15, 0.2) is 5.82 Å². The third-order valence-electron chi connectivity index (χ3n) is 2.45. The monoisotopic (exact) mass is 195 g/mol. The first kappa shape index (κ1) is 9.24. The van der Waals surface area contributed by atoms with Gasteiger partial charge in [0, 0.05) is 19.7 Å². The van der Waals surface area contributed by atoms with E-state index in [0.717, 1.165) is 12.5 Å². The molecule has 0 radical (unpaired) electrons. The maximum atomic E-state index is 12.7. The lowest BCUT2D eigenvalue weighted by atomic mass is 10.3. The van der Waals surface area contributed by atoms with Crippen LogP contribution in [0.4, 0.5) is 15.9 Å². The quantitative estimate of drug-likeness (QED) is 0.797. The molecule has 1 aromatic heterocycles. The molecule has 1 heterocycles. The molecule has 2 rings (SSSR count). The van der Waals surface area contributed by atoms with Crippen molar-refractivity contribution in [3.05, 3.63) is 18.1 Å². The zero-order valence-electron chi connectivity index (χ0n) is 8.20. The Balaban J connectivity index is 2.13. The van der Waals surface area contributed by atoms with Crippen molar-refractivity contribution in [2.24, 2.45) is 5.92 Å². The van der Waals surface area contributed by atoms with Crippen LogP contribution in [0.3, 0.4) is 0 Å². The molecule has 0 saturated heterocycles. The highest BCUT2D eigenvalue weighted by molar-refractivity contribution is 5.61. The van der Waals surface area contributed by atoms with E-state index in [-0.39, 0.29) is 5.82 Å². The number of anilines is 2. The zero-order chi connectivity index (χ0) is 10.1. The average molecular weight is 195 g/mol. The molecule has 0 aromatic carbocycles. The lowest BCUT2D eigenvalue weighted by Gasteiger charge is -2.19. The van der Waals surface area contributed by atoms with E-state index in [0.29, 0.717) is 11.5 Å². The summed E-state index contributed by atoms with van der Waals surface area (Å²) < 4.78 is 12.7. The number of rotatable bonds is 3. The van der Waals surface area contributed by atoms with Crippen molar-refractivity contribution in [2.45, 2.75) is 12.8 Å². The van der Waals surface area contributed by atoms with Gasteiger partial charge in [-0.25, -0.2) is 9.37 Å². The largest absolute Gasteiger partial charge is 0.396 e. The van der Waals surface area contributed by atoms with E-state index in [2.05, 4.69) is 4.98 Å². The van der Waals surface area contributed by atoms with E-state index in [1.807, 2.05) is 11.9 Å². The van der Waals surface area contributed by atoms with Gasteiger partial charge in [0.25, 0.3) is 0 Å². The highest BCUT2D eigenvalue weighted by atomic mass is 19.1. The van der Waals surface area contributed by atoms with Gasteiger partial charge in [0.05, 0.1) is 11.9 Å². The number of aromatic nitrogens is 1. The molecular weight excluding hydrogens is 181 g/mol. The molecule has 76 valence electrons. The molecule has 3 nitrogen and oxygen atoms in total. The Kier molecular flexibility index (Phi) is 2.27. The van der Waals surface area contributed by atoms with E-state index in [4.69, 9.17) is 5.73 Å². The summed E-state index contributed by atoms with van der Waals surface area (Å²) >= 11 is 0. The summed E-state index contributed by atoms with van der Waals surface area (Å²) in [6.45, 7) is 0.961. The molecule has 1 aliphatic rings. The predicted octanol–water partition coefficient (Wildman–Crippen LogP) is 1.65. The Morgan fingerprint density at radius 3 is 2.93 bits per heavy atom. The van der Waals surface area contributed by atoms with Gasteiger partial charge in [-0.2, -0.15) is 0 Å². The van der Waals surface area contributed by atoms with Gasteiger partial charge in [-0.15, -0.1) is 0 Å². The van der Waals surface area contributed by atoms with Crippen molar-refractivity contribution in [1.82, 2.24) is 4.98 Å². The number of nitrogen functional groups attached to an aromatic ring is 1. The second-order valence-electron chi connectivity index (χ2n) is 3.89. The maximum absolute atomic E-state index is 12.7. The first-order valence-corrected chi connectivity index (χ1v) is 4.79. The molecule has 1 aromatic rings. The number of nitrogens with zero attached hydrogens (tertiary/aromatic N) is 2. The lowest BCUT2D eigenvalue weighted by molar-refractivity contribution is 0.621. The van der Waals surface area contributed by atoms with Crippen LogP contribution in [0.25, 0.3) is 0 Å². The molecule has 1 aliphatic carbocycles. The average Bonchev–Trinajstić information content (AvgIpc) is 2.87. The van der Waals surface area contributed by atoms with Crippen molar-refractivity contribution in [2.75, 3.05) is 24.2 Å². The predicted molar refractivity (Wildman–Crippen MR) is 54.6 cm³/mol. The third kappa shape index (κ3) is 1.95. The summed E-state index contributed by atoms with van der Waals surface area (Å²) in [5.41, 5.74) is 6.08.